The summed E-state index contributed by atoms with van der Waals surface area (Å²) >= 11 is 1.61. The largest absolute Gasteiger partial charge is 0.489 e. The van der Waals surface area contributed by atoms with E-state index in [2.05, 4.69) is 15.3 Å². The number of hydrogen-bond donors (Lipinski definition) is 2. The first-order valence-corrected chi connectivity index (χ1v) is 10.4. The van der Waals surface area contributed by atoms with Gasteiger partial charge >= 0.3 is 0 Å². The van der Waals surface area contributed by atoms with Crippen LogP contribution in [0.2, 0.25) is 0 Å². The van der Waals surface area contributed by atoms with E-state index < -0.39 is 0 Å². The van der Waals surface area contributed by atoms with E-state index in [4.69, 9.17) is 4.74 Å². The molecule has 0 aliphatic carbocycles. The average molecular weight is 414 g/mol. The maximum Gasteiger partial charge on any atom is 0.272 e. The van der Waals surface area contributed by atoms with E-state index >= 15 is 0 Å². The van der Waals surface area contributed by atoms with Gasteiger partial charge in [0.05, 0.1) is 15.2 Å². The van der Waals surface area contributed by atoms with Crippen molar-refractivity contribution in [1.82, 2.24) is 9.97 Å². The number of carbonyl (C=O) groups is 1. The molecule has 3 aromatic carbocycles. The van der Waals surface area contributed by atoms with Crippen molar-refractivity contribution in [3.63, 3.8) is 0 Å². The van der Waals surface area contributed by atoms with Crippen molar-refractivity contribution in [3.8, 4) is 5.75 Å². The molecule has 5 aromatic rings. The molecule has 1 amide bonds. The van der Waals surface area contributed by atoms with E-state index in [1.165, 1.54) is 0 Å². The Kier molecular flexibility index (Phi) is 4.69. The normalized spacial score (nSPS) is 11.1. The monoisotopic (exact) mass is 413 g/mol. The molecule has 2 aromatic heterocycles. The van der Waals surface area contributed by atoms with Gasteiger partial charge in [-0.2, -0.15) is 0 Å². The molecule has 0 unspecified atom stereocenters. The predicted octanol–water partition coefficient (Wildman–Crippen LogP) is 5.92. The van der Waals surface area contributed by atoms with Gasteiger partial charge in [-0.1, -0.05) is 30.3 Å². The zero-order valence-electron chi connectivity index (χ0n) is 16.3. The van der Waals surface area contributed by atoms with Crippen LogP contribution >= 0.6 is 11.3 Å². The lowest BCUT2D eigenvalue weighted by atomic mass is 10.2. The number of nitrogens with zero attached hydrogens (tertiary/aromatic N) is 1. The van der Waals surface area contributed by atoms with E-state index in [9.17, 15) is 4.79 Å². The second-order valence-electron chi connectivity index (χ2n) is 7.08. The van der Waals surface area contributed by atoms with Crippen molar-refractivity contribution in [1.29, 1.82) is 0 Å². The number of benzene rings is 3. The number of aromatic nitrogens is 2. The highest BCUT2D eigenvalue weighted by Crippen LogP contribution is 2.26. The fourth-order valence-corrected chi connectivity index (χ4v) is 4.24. The lowest BCUT2D eigenvalue weighted by Gasteiger charge is -2.06. The lowest BCUT2D eigenvalue weighted by molar-refractivity contribution is 0.102. The summed E-state index contributed by atoms with van der Waals surface area (Å²) in [5.41, 5.74) is 4.17. The third-order valence-corrected chi connectivity index (χ3v) is 5.77. The number of H-pyrrole nitrogens is 1. The Morgan fingerprint density at radius 2 is 1.93 bits per heavy atom. The van der Waals surface area contributed by atoms with E-state index in [0.29, 0.717) is 12.3 Å². The van der Waals surface area contributed by atoms with E-state index in [-0.39, 0.29) is 5.91 Å². The molecular weight excluding hydrogens is 394 g/mol. The predicted molar refractivity (Wildman–Crippen MR) is 121 cm³/mol. The molecular formula is C24H19N3O2S. The molecule has 0 aliphatic rings. The first kappa shape index (κ1) is 18.4. The molecule has 5 rings (SSSR count). The Morgan fingerprint density at radius 1 is 1.07 bits per heavy atom. The maximum absolute atomic E-state index is 12.7. The molecule has 0 radical (unpaired) electrons. The van der Waals surface area contributed by atoms with Gasteiger partial charge in [0.25, 0.3) is 5.91 Å². The van der Waals surface area contributed by atoms with Crippen LogP contribution in [-0.2, 0) is 6.61 Å². The van der Waals surface area contributed by atoms with Crippen LogP contribution in [0.3, 0.4) is 0 Å². The van der Waals surface area contributed by atoms with Crippen LogP contribution in [-0.4, -0.2) is 15.9 Å². The van der Waals surface area contributed by atoms with Crippen molar-refractivity contribution in [2.24, 2.45) is 0 Å². The number of thiazole rings is 1. The Bertz CT molecular complexity index is 1360. The number of carbonyl (C=O) groups excluding carboxylic acids is 1. The Morgan fingerprint density at radius 3 is 2.80 bits per heavy atom. The minimum atomic E-state index is -0.182. The fourth-order valence-electron chi connectivity index (χ4n) is 3.38. The third-order valence-electron chi connectivity index (χ3n) is 4.84. The van der Waals surface area contributed by atoms with Gasteiger partial charge in [-0.25, -0.2) is 4.98 Å². The van der Waals surface area contributed by atoms with Gasteiger partial charge < -0.3 is 15.0 Å². The quantitative estimate of drug-likeness (QED) is 0.376. The zero-order valence-corrected chi connectivity index (χ0v) is 17.1. The molecule has 2 heterocycles. The van der Waals surface area contributed by atoms with Crippen molar-refractivity contribution >= 4 is 44.1 Å². The molecule has 0 aliphatic heterocycles. The highest BCUT2D eigenvalue weighted by Gasteiger charge is 2.11. The van der Waals surface area contributed by atoms with Crippen LogP contribution in [0.5, 0.6) is 5.75 Å². The van der Waals surface area contributed by atoms with Crippen LogP contribution in [0.1, 0.15) is 21.1 Å². The van der Waals surface area contributed by atoms with Crippen LogP contribution in [0.4, 0.5) is 5.69 Å². The van der Waals surface area contributed by atoms with Crippen molar-refractivity contribution in [2.45, 2.75) is 13.5 Å². The summed E-state index contributed by atoms with van der Waals surface area (Å²) in [6.07, 6.45) is 0. The van der Waals surface area contributed by atoms with E-state index in [1.807, 2.05) is 79.7 Å². The SMILES string of the molecule is Cc1nc2ccc(NC(=O)c3cc4ccc(OCc5ccccc5)cc4[nH]3)cc2s1. The summed E-state index contributed by atoms with van der Waals surface area (Å²) in [5.74, 6) is 0.574. The Labute approximate surface area is 177 Å². The number of rotatable bonds is 5. The summed E-state index contributed by atoms with van der Waals surface area (Å²) in [4.78, 5) is 20.4. The molecule has 0 bridgehead atoms. The number of anilines is 1. The molecule has 6 heteroatoms. The van der Waals surface area contributed by atoms with Gasteiger partial charge in [0.15, 0.2) is 0 Å². The Balaban J connectivity index is 1.32. The van der Waals surface area contributed by atoms with E-state index in [1.54, 1.807) is 11.3 Å². The fraction of sp³-hybridized carbons (Fsp3) is 0.0833. The first-order valence-electron chi connectivity index (χ1n) is 9.62. The molecule has 2 N–H and O–H groups in total. The topological polar surface area (TPSA) is 67.0 Å². The molecule has 0 atom stereocenters. The van der Waals surface area contributed by atoms with Crippen LogP contribution in [0, 0.1) is 6.92 Å². The van der Waals surface area contributed by atoms with Gasteiger partial charge in [-0.05, 0) is 48.9 Å². The van der Waals surface area contributed by atoms with Crippen molar-refractivity contribution in [2.75, 3.05) is 5.32 Å². The number of nitrogens with one attached hydrogen (secondary N) is 2. The zero-order chi connectivity index (χ0) is 20.5. The summed E-state index contributed by atoms with van der Waals surface area (Å²) < 4.78 is 6.94. The van der Waals surface area contributed by atoms with Crippen LogP contribution in [0.15, 0.2) is 72.8 Å². The highest BCUT2D eigenvalue weighted by atomic mass is 32.1. The number of amides is 1. The van der Waals surface area contributed by atoms with Gasteiger partial charge in [-0.15, -0.1) is 11.3 Å². The number of hydrogen-bond acceptors (Lipinski definition) is 4. The summed E-state index contributed by atoms with van der Waals surface area (Å²) in [5, 5.41) is 4.93. The minimum absolute atomic E-state index is 0.182. The summed E-state index contributed by atoms with van der Waals surface area (Å²) in [6, 6.07) is 23.4. The van der Waals surface area contributed by atoms with Gasteiger partial charge in [-0.3, -0.25) is 4.79 Å². The smallest absolute Gasteiger partial charge is 0.272 e. The molecule has 0 saturated heterocycles. The maximum atomic E-state index is 12.7. The molecule has 0 fully saturated rings. The van der Waals surface area contributed by atoms with Crippen LogP contribution in [0.25, 0.3) is 21.1 Å². The lowest BCUT2D eigenvalue weighted by Crippen LogP contribution is -2.11. The number of aromatic amines is 1. The van der Waals surface area contributed by atoms with Gasteiger partial charge in [0.1, 0.15) is 18.1 Å². The Hall–Kier alpha value is -3.64. The molecule has 0 saturated carbocycles. The first-order chi connectivity index (χ1) is 14.6. The van der Waals surface area contributed by atoms with Gasteiger partial charge in [0, 0.05) is 22.7 Å². The van der Waals surface area contributed by atoms with Crippen molar-refractivity contribution < 1.29 is 9.53 Å². The minimum Gasteiger partial charge on any atom is -0.489 e. The van der Waals surface area contributed by atoms with Crippen molar-refractivity contribution in [3.05, 3.63) is 89.1 Å². The molecule has 148 valence electrons. The molecule has 5 nitrogen and oxygen atoms in total. The summed E-state index contributed by atoms with van der Waals surface area (Å²) in [7, 11) is 0. The van der Waals surface area contributed by atoms with Gasteiger partial charge in [0.2, 0.25) is 0 Å². The number of ether oxygens (including phenoxy) is 1. The van der Waals surface area contributed by atoms with Crippen LogP contribution < -0.4 is 10.1 Å². The third kappa shape index (κ3) is 3.77. The second-order valence-corrected chi connectivity index (χ2v) is 8.31. The molecule has 30 heavy (non-hydrogen) atoms. The molecule has 0 spiro atoms. The van der Waals surface area contributed by atoms with E-state index in [0.717, 1.165) is 43.1 Å². The number of aryl methyl sites for hydroxylation is 1. The summed E-state index contributed by atoms with van der Waals surface area (Å²) in [6.45, 7) is 2.48. The highest BCUT2D eigenvalue weighted by molar-refractivity contribution is 7.18. The standard InChI is InChI=1S/C24H19N3O2S/c1-15-25-20-10-8-18(12-23(20)30-15)26-24(28)22-11-17-7-9-19(13-21(17)27-22)29-14-16-5-3-2-4-6-16/h2-13,27H,14H2,1H3,(H,26,28). The average Bonchev–Trinajstić information content (AvgIpc) is 3.34. The second kappa shape index (κ2) is 7.65. The number of fused-ring (bicyclic) bond motifs is 2.